The van der Waals surface area contributed by atoms with E-state index < -0.39 is 0 Å². The second-order valence-electron chi connectivity index (χ2n) is 3.96. The zero-order chi connectivity index (χ0) is 11.1. The summed E-state index contributed by atoms with van der Waals surface area (Å²) in [5.41, 5.74) is 4.62. The van der Waals surface area contributed by atoms with E-state index in [-0.39, 0.29) is 0 Å². The number of halogens is 1. The zero-order valence-corrected chi connectivity index (χ0v) is 10.5. The predicted molar refractivity (Wildman–Crippen MR) is 68.3 cm³/mol. The van der Waals surface area contributed by atoms with Gasteiger partial charge in [0.05, 0.1) is 11.4 Å². The first-order chi connectivity index (χ1) is 7.75. The number of aromatic nitrogens is 2. The minimum Gasteiger partial charge on any atom is -0.222 e. The largest absolute Gasteiger partial charge is 0.222 e. The normalized spacial score (nSPS) is 14.1. The summed E-state index contributed by atoms with van der Waals surface area (Å²) in [6, 6.07) is 8.26. The molecule has 0 saturated carbocycles. The molecule has 16 heavy (non-hydrogen) atoms. The van der Waals surface area contributed by atoms with Crippen LogP contribution >= 0.6 is 23.4 Å². The van der Waals surface area contributed by atoms with Crippen LogP contribution in [0.3, 0.4) is 0 Å². The summed E-state index contributed by atoms with van der Waals surface area (Å²) >= 11 is 8.20. The van der Waals surface area contributed by atoms with Gasteiger partial charge in [-0.1, -0.05) is 29.3 Å². The number of rotatable bonds is 1. The lowest BCUT2D eigenvalue weighted by Crippen LogP contribution is -1.97. The Balaban J connectivity index is 2.10. The van der Waals surface area contributed by atoms with Gasteiger partial charge >= 0.3 is 0 Å². The number of hydrogen-bond donors (Lipinski definition) is 0. The van der Waals surface area contributed by atoms with Crippen molar-refractivity contribution in [2.75, 3.05) is 0 Å². The molecule has 1 aliphatic rings. The van der Waals surface area contributed by atoms with E-state index in [1.165, 1.54) is 11.1 Å². The second-order valence-corrected chi connectivity index (χ2v) is 5.30. The zero-order valence-electron chi connectivity index (χ0n) is 8.90. The molecule has 0 saturated heterocycles. The maximum atomic E-state index is 6.33. The fourth-order valence-electron chi connectivity index (χ4n) is 1.84. The summed E-state index contributed by atoms with van der Waals surface area (Å²) in [5, 5.41) is 5.32. The van der Waals surface area contributed by atoms with E-state index in [1.54, 1.807) is 0 Å². The standard InChI is InChI=1S/C12H11ClN2S/c1-8-2-4-9(5-3-8)15-12(13)10-6-16-7-11(10)14-15/h2-5H,6-7H2,1H3. The quantitative estimate of drug-likeness (QED) is 0.770. The topological polar surface area (TPSA) is 17.8 Å². The maximum Gasteiger partial charge on any atom is 0.137 e. The Morgan fingerprint density at radius 2 is 2.00 bits per heavy atom. The molecule has 0 aliphatic carbocycles. The van der Waals surface area contributed by atoms with E-state index >= 15 is 0 Å². The maximum absolute atomic E-state index is 6.33. The van der Waals surface area contributed by atoms with Gasteiger partial charge in [0.25, 0.3) is 0 Å². The fourth-order valence-corrected chi connectivity index (χ4v) is 3.26. The second kappa shape index (κ2) is 3.82. The molecule has 4 heteroatoms. The Hall–Kier alpha value is -0.930. The smallest absolute Gasteiger partial charge is 0.137 e. The van der Waals surface area contributed by atoms with Crippen molar-refractivity contribution < 1.29 is 0 Å². The number of fused-ring (bicyclic) bond motifs is 1. The molecule has 2 nitrogen and oxygen atoms in total. The highest BCUT2D eigenvalue weighted by atomic mass is 35.5. The third-order valence-corrected chi connectivity index (χ3v) is 4.13. The van der Waals surface area contributed by atoms with Crippen molar-refractivity contribution in [3.8, 4) is 5.69 Å². The highest BCUT2D eigenvalue weighted by Crippen LogP contribution is 2.35. The van der Waals surface area contributed by atoms with Gasteiger partial charge in [-0.05, 0) is 19.1 Å². The van der Waals surface area contributed by atoms with Gasteiger partial charge in [0.15, 0.2) is 0 Å². The van der Waals surface area contributed by atoms with E-state index in [0.717, 1.165) is 28.0 Å². The molecule has 2 aromatic rings. The van der Waals surface area contributed by atoms with Crippen LogP contribution in [0.15, 0.2) is 24.3 Å². The molecule has 0 N–H and O–H groups in total. The minimum atomic E-state index is 0.767. The molecule has 0 fully saturated rings. The molecule has 0 atom stereocenters. The number of aryl methyl sites for hydroxylation is 1. The molecule has 0 bridgehead atoms. The lowest BCUT2D eigenvalue weighted by atomic mass is 10.2. The molecule has 3 rings (SSSR count). The fraction of sp³-hybridized carbons (Fsp3) is 0.250. The first-order valence-electron chi connectivity index (χ1n) is 5.17. The van der Waals surface area contributed by atoms with Gasteiger partial charge in [0.1, 0.15) is 5.15 Å². The van der Waals surface area contributed by atoms with E-state index in [9.17, 15) is 0 Å². The van der Waals surface area contributed by atoms with Crippen LogP contribution in [0.2, 0.25) is 5.15 Å². The van der Waals surface area contributed by atoms with Crippen LogP contribution in [0.25, 0.3) is 5.69 Å². The summed E-state index contributed by atoms with van der Waals surface area (Å²) in [7, 11) is 0. The Morgan fingerprint density at radius 1 is 1.25 bits per heavy atom. The van der Waals surface area contributed by atoms with Crippen molar-refractivity contribution in [3.05, 3.63) is 46.2 Å². The summed E-state index contributed by atoms with van der Waals surface area (Å²) in [6.07, 6.45) is 0. The van der Waals surface area contributed by atoms with Crippen LogP contribution < -0.4 is 0 Å². The molecular formula is C12H11ClN2S. The van der Waals surface area contributed by atoms with Gasteiger partial charge < -0.3 is 0 Å². The number of thioether (sulfide) groups is 1. The van der Waals surface area contributed by atoms with Gasteiger partial charge in [-0.25, -0.2) is 4.68 Å². The monoisotopic (exact) mass is 250 g/mol. The molecule has 1 aromatic heterocycles. The average Bonchev–Trinajstić information content (AvgIpc) is 2.84. The van der Waals surface area contributed by atoms with Crippen molar-refractivity contribution in [1.29, 1.82) is 0 Å². The van der Waals surface area contributed by atoms with Crippen LogP contribution in [-0.4, -0.2) is 9.78 Å². The van der Waals surface area contributed by atoms with Crippen LogP contribution in [0.1, 0.15) is 16.8 Å². The third-order valence-electron chi connectivity index (χ3n) is 2.77. The minimum absolute atomic E-state index is 0.767. The predicted octanol–water partition coefficient (Wildman–Crippen LogP) is 3.58. The lowest BCUT2D eigenvalue weighted by molar-refractivity contribution is 0.860. The first kappa shape index (κ1) is 10.2. The van der Waals surface area contributed by atoms with Crippen LogP contribution in [0, 0.1) is 6.92 Å². The lowest BCUT2D eigenvalue weighted by Gasteiger charge is -2.04. The summed E-state index contributed by atoms with van der Waals surface area (Å²) in [5.74, 6) is 1.97. The van der Waals surface area contributed by atoms with E-state index in [0.29, 0.717) is 0 Å². The summed E-state index contributed by atoms with van der Waals surface area (Å²) < 4.78 is 1.84. The SMILES string of the molecule is Cc1ccc(-n2nc3c(c2Cl)CSC3)cc1. The Labute approximate surface area is 104 Å². The van der Waals surface area contributed by atoms with Crippen molar-refractivity contribution in [3.63, 3.8) is 0 Å². The highest BCUT2D eigenvalue weighted by Gasteiger charge is 2.21. The number of benzene rings is 1. The first-order valence-corrected chi connectivity index (χ1v) is 6.70. The van der Waals surface area contributed by atoms with Gasteiger partial charge in [0.2, 0.25) is 0 Å². The van der Waals surface area contributed by atoms with Crippen LogP contribution in [0.5, 0.6) is 0 Å². The molecule has 82 valence electrons. The van der Waals surface area contributed by atoms with Crippen molar-refractivity contribution in [1.82, 2.24) is 9.78 Å². The molecule has 2 heterocycles. The number of nitrogens with zero attached hydrogens (tertiary/aromatic N) is 2. The van der Waals surface area contributed by atoms with E-state index in [1.807, 2.05) is 16.4 Å². The highest BCUT2D eigenvalue weighted by molar-refractivity contribution is 7.98. The van der Waals surface area contributed by atoms with Crippen molar-refractivity contribution in [2.45, 2.75) is 18.4 Å². The number of hydrogen-bond acceptors (Lipinski definition) is 2. The molecule has 0 unspecified atom stereocenters. The molecule has 1 aromatic carbocycles. The van der Waals surface area contributed by atoms with Crippen molar-refractivity contribution >= 4 is 23.4 Å². The van der Waals surface area contributed by atoms with Crippen LogP contribution in [0.4, 0.5) is 0 Å². The van der Waals surface area contributed by atoms with Gasteiger partial charge in [0, 0.05) is 17.1 Å². The Kier molecular flexibility index (Phi) is 2.45. The summed E-state index contributed by atoms with van der Waals surface area (Å²) in [6.45, 7) is 2.07. The van der Waals surface area contributed by atoms with Crippen LogP contribution in [-0.2, 0) is 11.5 Å². The van der Waals surface area contributed by atoms with Gasteiger partial charge in [-0.3, -0.25) is 0 Å². The Morgan fingerprint density at radius 3 is 2.69 bits per heavy atom. The third kappa shape index (κ3) is 1.55. The summed E-state index contributed by atoms with van der Waals surface area (Å²) in [4.78, 5) is 0. The van der Waals surface area contributed by atoms with Gasteiger partial charge in [-0.2, -0.15) is 16.9 Å². The molecule has 0 spiro atoms. The molecule has 0 amide bonds. The Bertz CT molecular complexity index is 531. The van der Waals surface area contributed by atoms with Gasteiger partial charge in [-0.15, -0.1) is 0 Å². The molecular weight excluding hydrogens is 240 g/mol. The molecule has 0 radical (unpaired) electrons. The average molecular weight is 251 g/mol. The van der Waals surface area contributed by atoms with E-state index in [2.05, 4.69) is 36.3 Å². The van der Waals surface area contributed by atoms with Crippen molar-refractivity contribution in [2.24, 2.45) is 0 Å². The molecule has 1 aliphatic heterocycles. The van der Waals surface area contributed by atoms with E-state index in [4.69, 9.17) is 11.6 Å².